The van der Waals surface area contributed by atoms with Gasteiger partial charge in [0.05, 0.1) is 5.92 Å². The lowest BCUT2D eigenvalue weighted by Crippen LogP contribution is -2.48. The molecule has 1 saturated heterocycles. The molecule has 0 aromatic carbocycles. The quantitative estimate of drug-likeness (QED) is 0.0588. The highest BCUT2D eigenvalue weighted by Gasteiger charge is 2.43. The molecule has 1 heterocycles. The van der Waals surface area contributed by atoms with Gasteiger partial charge in [-0.1, -0.05) is 111 Å². The number of unbranched alkanes of at least 4 members (excludes halogenated alkanes) is 14. The van der Waals surface area contributed by atoms with E-state index in [1.54, 1.807) is 0 Å². The highest BCUT2D eigenvalue weighted by molar-refractivity contribution is 5.84. The van der Waals surface area contributed by atoms with Crippen LogP contribution in [0.5, 0.6) is 0 Å². The lowest BCUT2D eigenvalue weighted by atomic mass is 9.86. The number of hydrogen-bond acceptors (Lipinski definition) is 5. The van der Waals surface area contributed by atoms with Crippen molar-refractivity contribution >= 4 is 17.8 Å². The first-order valence-electron chi connectivity index (χ1n) is 17.5. The highest BCUT2D eigenvalue weighted by Crippen LogP contribution is 2.33. The van der Waals surface area contributed by atoms with Crippen LogP contribution in [-0.2, 0) is 23.9 Å². The predicted octanol–water partition coefficient (Wildman–Crippen LogP) is 8.84. The van der Waals surface area contributed by atoms with Crippen molar-refractivity contribution in [2.75, 3.05) is 0 Å². The summed E-state index contributed by atoms with van der Waals surface area (Å²) in [6.45, 7) is 8.51. The lowest BCUT2D eigenvalue weighted by Gasteiger charge is -2.37. The average Bonchev–Trinajstić information content (AvgIpc) is 2.95. The molecule has 0 aromatic rings. The van der Waals surface area contributed by atoms with Crippen LogP contribution in [0.25, 0.3) is 0 Å². The number of amides is 1. The van der Waals surface area contributed by atoms with Gasteiger partial charge in [-0.3, -0.25) is 9.59 Å². The Bertz CT molecular complexity index is 773. The van der Waals surface area contributed by atoms with Crippen LogP contribution in [0, 0.1) is 24.2 Å². The molecule has 1 rings (SSSR count). The molecule has 0 saturated carbocycles. The molecule has 42 heavy (non-hydrogen) atoms. The second kappa shape index (κ2) is 24.4. The SMILES string of the molecule is C#CCCCCCC(=O)N[C@@H](CC(C)C)C(=O)O[C@@H](CCCCCCCCCCC)C[C@@H]1OC(=O)[C@H]1CCCCCC. The van der Waals surface area contributed by atoms with Gasteiger partial charge in [0.2, 0.25) is 5.91 Å². The van der Waals surface area contributed by atoms with Gasteiger partial charge < -0.3 is 14.8 Å². The second-order valence-corrected chi connectivity index (χ2v) is 12.9. The fourth-order valence-corrected chi connectivity index (χ4v) is 5.76. The van der Waals surface area contributed by atoms with E-state index in [0.717, 1.165) is 70.6 Å². The first-order chi connectivity index (χ1) is 20.3. The molecule has 0 spiro atoms. The maximum atomic E-state index is 13.4. The van der Waals surface area contributed by atoms with Gasteiger partial charge >= 0.3 is 11.9 Å². The number of carbonyl (C=O) groups is 3. The Morgan fingerprint density at radius 3 is 2.07 bits per heavy atom. The first kappa shape index (κ1) is 38.0. The summed E-state index contributed by atoms with van der Waals surface area (Å²) in [4.78, 5) is 38.3. The number of carbonyl (C=O) groups excluding carboxylic acids is 3. The van der Waals surface area contributed by atoms with Crippen molar-refractivity contribution in [1.29, 1.82) is 0 Å². The van der Waals surface area contributed by atoms with Crippen molar-refractivity contribution < 1.29 is 23.9 Å². The fourth-order valence-electron chi connectivity index (χ4n) is 5.76. The summed E-state index contributed by atoms with van der Waals surface area (Å²) in [7, 11) is 0. The molecular formula is C36H63NO5. The summed E-state index contributed by atoms with van der Waals surface area (Å²) in [5, 5.41) is 2.95. The van der Waals surface area contributed by atoms with Crippen LogP contribution in [0.3, 0.4) is 0 Å². The molecule has 6 nitrogen and oxygen atoms in total. The van der Waals surface area contributed by atoms with E-state index in [2.05, 4.69) is 25.1 Å². The Hall–Kier alpha value is -2.03. The fraction of sp³-hybridized carbons (Fsp3) is 0.861. The van der Waals surface area contributed by atoms with E-state index in [0.29, 0.717) is 19.3 Å². The average molecular weight is 590 g/mol. The zero-order chi connectivity index (χ0) is 31.0. The van der Waals surface area contributed by atoms with Crippen LogP contribution < -0.4 is 5.32 Å². The number of cyclic esters (lactones) is 1. The molecule has 1 N–H and O–H groups in total. The summed E-state index contributed by atoms with van der Waals surface area (Å²) >= 11 is 0. The van der Waals surface area contributed by atoms with Crippen molar-refractivity contribution in [3.63, 3.8) is 0 Å². The van der Waals surface area contributed by atoms with Crippen LogP contribution >= 0.6 is 0 Å². The molecule has 0 bridgehead atoms. The van der Waals surface area contributed by atoms with Gasteiger partial charge in [0.1, 0.15) is 18.2 Å². The molecule has 1 amide bonds. The van der Waals surface area contributed by atoms with Gasteiger partial charge in [0.15, 0.2) is 0 Å². The summed E-state index contributed by atoms with van der Waals surface area (Å²) in [6, 6.07) is -0.664. The maximum absolute atomic E-state index is 13.4. The molecule has 0 aliphatic carbocycles. The van der Waals surface area contributed by atoms with E-state index in [1.165, 1.54) is 51.4 Å². The number of hydrogen-bond donors (Lipinski definition) is 1. The third kappa shape index (κ3) is 17.8. The number of esters is 2. The van der Waals surface area contributed by atoms with E-state index >= 15 is 0 Å². The Morgan fingerprint density at radius 1 is 0.881 bits per heavy atom. The van der Waals surface area contributed by atoms with E-state index in [-0.39, 0.29) is 41.9 Å². The Kier molecular flexibility index (Phi) is 22.1. The second-order valence-electron chi connectivity index (χ2n) is 12.9. The number of rotatable bonds is 27. The van der Waals surface area contributed by atoms with E-state index in [1.807, 2.05) is 13.8 Å². The van der Waals surface area contributed by atoms with E-state index in [4.69, 9.17) is 15.9 Å². The third-order valence-electron chi connectivity index (χ3n) is 8.35. The van der Waals surface area contributed by atoms with E-state index < -0.39 is 6.04 Å². The first-order valence-corrected chi connectivity index (χ1v) is 17.5. The normalized spacial score (nSPS) is 17.7. The highest BCUT2D eigenvalue weighted by atomic mass is 16.6. The van der Waals surface area contributed by atoms with Crippen molar-refractivity contribution in [2.45, 2.75) is 187 Å². The van der Waals surface area contributed by atoms with Gasteiger partial charge in [0.25, 0.3) is 0 Å². The minimum atomic E-state index is -0.664. The molecule has 1 fully saturated rings. The third-order valence-corrected chi connectivity index (χ3v) is 8.35. The summed E-state index contributed by atoms with van der Waals surface area (Å²) < 4.78 is 11.7. The number of terminal acetylenes is 1. The Balaban J connectivity index is 2.71. The van der Waals surface area contributed by atoms with Crippen LogP contribution in [0.15, 0.2) is 0 Å². The molecule has 0 unspecified atom stereocenters. The molecule has 1 aliphatic heterocycles. The Labute approximate surface area is 258 Å². The Morgan fingerprint density at radius 2 is 1.48 bits per heavy atom. The summed E-state index contributed by atoms with van der Waals surface area (Å²) in [5.74, 6) is 2.17. The van der Waals surface area contributed by atoms with Crippen molar-refractivity contribution in [2.24, 2.45) is 11.8 Å². The van der Waals surface area contributed by atoms with Crippen LogP contribution in [0.4, 0.5) is 0 Å². The lowest BCUT2D eigenvalue weighted by molar-refractivity contribution is -0.190. The summed E-state index contributed by atoms with van der Waals surface area (Å²) in [6.07, 6.45) is 26.7. The van der Waals surface area contributed by atoms with Gasteiger partial charge in [0, 0.05) is 19.3 Å². The summed E-state index contributed by atoms with van der Waals surface area (Å²) in [5.41, 5.74) is 0. The number of nitrogens with one attached hydrogen (secondary N) is 1. The maximum Gasteiger partial charge on any atom is 0.328 e. The minimum Gasteiger partial charge on any atom is -0.461 e. The topological polar surface area (TPSA) is 81.7 Å². The zero-order valence-electron chi connectivity index (χ0n) is 27.6. The molecule has 0 radical (unpaired) electrons. The van der Waals surface area contributed by atoms with Gasteiger partial charge in [-0.15, -0.1) is 12.3 Å². The van der Waals surface area contributed by atoms with Crippen LogP contribution in [-0.4, -0.2) is 36.1 Å². The predicted molar refractivity (Wildman–Crippen MR) is 172 cm³/mol. The van der Waals surface area contributed by atoms with Crippen molar-refractivity contribution in [3.05, 3.63) is 0 Å². The molecular weight excluding hydrogens is 526 g/mol. The standard InChI is InChI=1S/C36H63NO5/c1-6-9-12-15-16-17-18-20-21-24-30(28-33-31(35(39)42-33)25-22-14-11-8-3)41-36(40)32(27-29(4)5)37-34(38)26-23-19-13-10-7-2/h2,29-33H,6,8-28H2,1,3-5H3,(H,37,38)/t30-,31-,32-,33-/m0/s1. The van der Waals surface area contributed by atoms with Crippen molar-refractivity contribution in [1.82, 2.24) is 5.32 Å². The van der Waals surface area contributed by atoms with E-state index in [9.17, 15) is 14.4 Å². The largest absolute Gasteiger partial charge is 0.461 e. The smallest absolute Gasteiger partial charge is 0.328 e. The van der Waals surface area contributed by atoms with Crippen LogP contribution in [0.2, 0.25) is 0 Å². The monoisotopic (exact) mass is 589 g/mol. The minimum absolute atomic E-state index is 0.0909. The molecule has 242 valence electrons. The zero-order valence-corrected chi connectivity index (χ0v) is 27.6. The molecule has 6 heteroatoms. The van der Waals surface area contributed by atoms with Gasteiger partial charge in [-0.2, -0.15) is 0 Å². The van der Waals surface area contributed by atoms with Gasteiger partial charge in [-0.05, 0) is 44.4 Å². The molecule has 1 aliphatic rings. The van der Waals surface area contributed by atoms with Crippen LogP contribution in [0.1, 0.15) is 169 Å². The van der Waals surface area contributed by atoms with Crippen molar-refractivity contribution in [3.8, 4) is 12.3 Å². The number of ether oxygens (including phenoxy) is 2. The van der Waals surface area contributed by atoms with Gasteiger partial charge in [-0.25, -0.2) is 4.79 Å². The molecule has 0 aromatic heterocycles. The molecule has 4 atom stereocenters.